The van der Waals surface area contributed by atoms with Crippen molar-refractivity contribution >= 4 is 28.3 Å². The topological polar surface area (TPSA) is 52.4 Å². The smallest absolute Gasteiger partial charge is 0.276 e. The number of nitro groups is 1. The minimum atomic E-state index is -0.394. The number of hydrogen-bond donors (Lipinski definition) is 0. The molecular weight excluding hydrogens is 345 g/mol. The molecule has 0 unspecified atom stereocenters. The molecule has 0 N–H and O–H groups in total. The lowest BCUT2D eigenvalue weighted by atomic mass is 10.2. The van der Waals surface area contributed by atoms with Crippen molar-refractivity contribution in [1.82, 2.24) is 0 Å². The Hall–Kier alpha value is -1.63. The summed E-state index contributed by atoms with van der Waals surface area (Å²) in [6.07, 6.45) is 0. The molecule has 92 valence electrons. The summed E-state index contributed by atoms with van der Waals surface area (Å²) in [5.41, 5.74) is 0.658. The number of para-hydroxylation sites is 2. The van der Waals surface area contributed by atoms with E-state index in [-0.39, 0.29) is 12.3 Å². The summed E-state index contributed by atoms with van der Waals surface area (Å²) in [7, 11) is 0. The van der Waals surface area contributed by atoms with Crippen molar-refractivity contribution in [1.29, 1.82) is 0 Å². The van der Waals surface area contributed by atoms with Gasteiger partial charge in [0.1, 0.15) is 12.4 Å². The second kappa shape index (κ2) is 5.81. The summed E-state index contributed by atoms with van der Waals surface area (Å²) >= 11 is 2.17. The molecule has 0 atom stereocenters. The van der Waals surface area contributed by atoms with Gasteiger partial charge in [-0.1, -0.05) is 24.3 Å². The van der Waals surface area contributed by atoms with Gasteiger partial charge in [-0.3, -0.25) is 10.1 Å². The van der Waals surface area contributed by atoms with E-state index in [9.17, 15) is 10.1 Å². The number of halogens is 1. The van der Waals surface area contributed by atoms with Gasteiger partial charge in [-0.15, -0.1) is 0 Å². The average Bonchev–Trinajstić information content (AvgIpc) is 2.38. The Morgan fingerprint density at radius 1 is 1.11 bits per heavy atom. The van der Waals surface area contributed by atoms with E-state index in [1.54, 1.807) is 18.2 Å². The van der Waals surface area contributed by atoms with E-state index < -0.39 is 4.92 Å². The molecule has 0 aliphatic carbocycles. The van der Waals surface area contributed by atoms with Gasteiger partial charge in [0.2, 0.25) is 0 Å². The highest BCUT2D eigenvalue weighted by atomic mass is 127. The molecule has 2 aromatic rings. The van der Waals surface area contributed by atoms with Gasteiger partial charge >= 0.3 is 0 Å². The summed E-state index contributed by atoms with van der Waals surface area (Å²) < 4.78 is 6.58. The maximum absolute atomic E-state index is 10.8. The van der Waals surface area contributed by atoms with Crippen LogP contribution in [0, 0.1) is 13.7 Å². The molecule has 0 bridgehead atoms. The molecule has 0 aliphatic rings. The lowest BCUT2D eigenvalue weighted by Crippen LogP contribution is -2.01. The second-order valence-electron chi connectivity index (χ2n) is 3.60. The number of rotatable bonds is 4. The first-order valence-corrected chi connectivity index (χ1v) is 6.36. The Balaban J connectivity index is 2.16. The van der Waals surface area contributed by atoms with E-state index in [0.29, 0.717) is 5.56 Å². The molecule has 0 aromatic heterocycles. The van der Waals surface area contributed by atoms with Gasteiger partial charge in [-0.25, -0.2) is 0 Å². The molecule has 0 amide bonds. The predicted octanol–water partition coefficient (Wildman–Crippen LogP) is 3.78. The maximum Gasteiger partial charge on any atom is 0.276 e. The predicted molar refractivity (Wildman–Crippen MR) is 76.6 cm³/mol. The number of nitro benzene ring substituents is 1. The minimum Gasteiger partial charge on any atom is -0.488 e. The van der Waals surface area contributed by atoms with Crippen LogP contribution in [-0.2, 0) is 6.61 Å². The van der Waals surface area contributed by atoms with Crippen LogP contribution in [0.4, 0.5) is 5.69 Å². The molecular formula is C13H10INO3. The molecule has 0 saturated heterocycles. The van der Waals surface area contributed by atoms with Crippen molar-refractivity contribution in [2.75, 3.05) is 0 Å². The SMILES string of the molecule is O=[N+]([O-])c1ccccc1COc1ccccc1I. The fourth-order valence-corrected chi connectivity index (χ4v) is 2.07. The maximum atomic E-state index is 10.8. The van der Waals surface area contributed by atoms with Crippen LogP contribution in [0.5, 0.6) is 5.75 Å². The quantitative estimate of drug-likeness (QED) is 0.477. The van der Waals surface area contributed by atoms with Gasteiger partial charge in [-0.05, 0) is 40.8 Å². The Morgan fingerprint density at radius 3 is 2.50 bits per heavy atom. The van der Waals surface area contributed by atoms with Crippen molar-refractivity contribution in [2.45, 2.75) is 6.61 Å². The Kier molecular flexibility index (Phi) is 4.14. The zero-order chi connectivity index (χ0) is 13.0. The summed E-state index contributed by atoms with van der Waals surface area (Å²) in [6.45, 7) is 0.192. The fourth-order valence-electron chi connectivity index (χ4n) is 1.53. The zero-order valence-corrected chi connectivity index (χ0v) is 11.5. The fraction of sp³-hybridized carbons (Fsp3) is 0.0769. The molecule has 0 spiro atoms. The van der Waals surface area contributed by atoms with Crippen LogP contribution in [-0.4, -0.2) is 4.92 Å². The Morgan fingerprint density at radius 2 is 1.78 bits per heavy atom. The van der Waals surface area contributed by atoms with Gasteiger partial charge < -0.3 is 4.74 Å². The third kappa shape index (κ3) is 2.98. The van der Waals surface area contributed by atoms with Crippen LogP contribution in [0.3, 0.4) is 0 Å². The molecule has 0 aliphatic heterocycles. The van der Waals surface area contributed by atoms with E-state index in [1.807, 2.05) is 24.3 Å². The number of ether oxygens (including phenoxy) is 1. The highest BCUT2D eigenvalue weighted by Gasteiger charge is 2.12. The molecule has 0 saturated carbocycles. The van der Waals surface area contributed by atoms with Gasteiger partial charge in [0.15, 0.2) is 0 Å². The van der Waals surface area contributed by atoms with Crippen LogP contribution in [0.2, 0.25) is 0 Å². The largest absolute Gasteiger partial charge is 0.488 e. The number of benzene rings is 2. The summed E-state index contributed by atoms with van der Waals surface area (Å²) in [4.78, 5) is 10.5. The molecule has 18 heavy (non-hydrogen) atoms. The zero-order valence-electron chi connectivity index (χ0n) is 9.38. The van der Waals surface area contributed by atoms with E-state index >= 15 is 0 Å². The van der Waals surface area contributed by atoms with Gasteiger partial charge in [0.25, 0.3) is 5.69 Å². The number of hydrogen-bond acceptors (Lipinski definition) is 3. The molecule has 2 aromatic carbocycles. The Labute approximate surface area is 118 Å². The molecule has 4 nitrogen and oxygen atoms in total. The first-order valence-electron chi connectivity index (χ1n) is 5.28. The van der Waals surface area contributed by atoms with Crippen molar-refractivity contribution < 1.29 is 9.66 Å². The molecule has 0 fully saturated rings. The first kappa shape index (κ1) is 12.8. The van der Waals surface area contributed by atoms with Crippen LogP contribution in [0.1, 0.15) is 5.56 Å². The van der Waals surface area contributed by atoms with Crippen molar-refractivity contribution in [3.05, 3.63) is 67.8 Å². The lowest BCUT2D eigenvalue weighted by Gasteiger charge is -2.08. The van der Waals surface area contributed by atoms with E-state index in [4.69, 9.17) is 4.74 Å². The van der Waals surface area contributed by atoms with E-state index in [2.05, 4.69) is 22.6 Å². The van der Waals surface area contributed by atoms with Crippen molar-refractivity contribution in [3.8, 4) is 5.75 Å². The normalized spacial score (nSPS) is 10.1. The Bertz CT molecular complexity index is 572. The molecule has 0 radical (unpaired) electrons. The second-order valence-corrected chi connectivity index (χ2v) is 4.77. The average molecular weight is 355 g/mol. The standard InChI is InChI=1S/C13H10INO3/c14-11-6-2-4-8-13(11)18-9-10-5-1-3-7-12(10)15(16)17/h1-8H,9H2. The highest BCUT2D eigenvalue weighted by molar-refractivity contribution is 14.1. The minimum absolute atomic E-state index is 0.0865. The summed E-state index contributed by atoms with van der Waals surface area (Å²) in [5, 5.41) is 10.8. The summed E-state index contributed by atoms with van der Waals surface area (Å²) in [6, 6.07) is 14.2. The monoisotopic (exact) mass is 355 g/mol. The van der Waals surface area contributed by atoms with Crippen LogP contribution in [0.15, 0.2) is 48.5 Å². The van der Waals surface area contributed by atoms with E-state index in [0.717, 1.165) is 9.32 Å². The van der Waals surface area contributed by atoms with Gasteiger partial charge in [0, 0.05) is 6.07 Å². The third-order valence-electron chi connectivity index (χ3n) is 2.41. The molecule has 2 rings (SSSR count). The highest BCUT2D eigenvalue weighted by Crippen LogP contribution is 2.23. The molecule has 5 heteroatoms. The lowest BCUT2D eigenvalue weighted by molar-refractivity contribution is -0.385. The van der Waals surface area contributed by atoms with Crippen LogP contribution >= 0.6 is 22.6 Å². The van der Waals surface area contributed by atoms with Gasteiger partial charge in [-0.2, -0.15) is 0 Å². The van der Waals surface area contributed by atoms with Crippen molar-refractivity contribution in [3.63, 3.8) is 0 Å². The van der Waals surface area contributed by atoms with Crippen molar-refractivity contribution in [2.24, 2.45) is 0 Å². The number of nitrogens with zero attached hydrogens (tertiary/aromatic N) is 1. The van der Waals surface area contributed by atoms with Gasteiger partial charge in [0.05, 0.1) is 14.1 Å². The molecule has 0 heterocycles. The third-order valence-corrected chi connectivity index (χ3v) is 3.30. The summed E-state index contributed by atoms with van der Waals surface area (Å²) in [5.74, 6) is 0.733. The van der Waals surface area contributed by atoms with Crippen LogP contribution < -0.4 is 4.74 Å². The first-order chi connectivity index (χ1) is 8.68. The van der Waals surface area contributed by atoms with Crippen LogP contribution in [0.25, 0.3) is 0 Å². The van der Waals surface area contributed by atoms with E-state index in [1.165, 1.54) is 6.07 Å².